The van der Waals surface area contributed by atoms with Gasteiger partial charge in [0, 0.05) is 26.1 Å². The smallest absolute Gasteiger partial charge is 0.315 e. The van der Waals surface area contributed by atoms with Crippen LogP contribution in [0, 0.1) is 5.82 Å². The number of nitrogens with zero attached hydrogens (tertiary/aromatic N) is 1. The van der Waals surface area contributed by atoms with Crippen molar-refractivity contribution in [3.63, 3.8) is 0 Å². The predicted molar refractivity (Wildman–Crippen MR) is 92.0 cm³/mol. The van der Waals surface area contributed by atoms with Gasteiger partial charge in [-0.1, -0.05) is 42.5 Å². The lowest BCUT2D eigenvalue weighted by molar-refractivity contribution is -0.128. The van der Waals surface area contributed by atoms with E-state index in [1.54, 1.807) is 17.0 Å². The quantitative estimate of drug-likeness (QED) is 0.877. The average molecular weight is 341 g/mol. The molecule has 0 spiro atoms. The van der Waals surface area contributed by atoms with E-state index in [0.717, 1.165) is 11.1 Å². The summed E-state index contributed by atoms with van der Waals surface area (Å²) in [5.41, 5.74) is 1.88. The Hall–Kier alpha value is -2.89. The van der Waals surface area contributed by atoms with Crippen LogP contribution in [-0.2, 0) is 17.9 Å². The van der Waals surface area contributed by atoms with E-state index in [2.05, 4.69) is 10.6 Å². The minimum Gasteiger partial charge on any atom is -0.336 e. The molecule has 1 atom stereocenters. The van der Waals surface area contributed by atoms with E-state index < -0.39 is 0 Å². The van der Waals surface area contributed by atoms with Gasteiger partial charge in [0.1, 0.15) is 5.82 Å². The van der Waals surface area contributed by atoms with E-state index in [4.69, 9.17) is 0 Å². The van der Waals surface area contributed by atoms with Gasteiger partial charge in [-0.05, 0) is 23.3 Å². The molecule has 130 valence electrons. The standard InChI is InChI=1S/C19H20FN3O2/c20-16-8-6-14(7-9-16)11-21-19(25)22-17-10-18(24)23(13-17)12-15-4-2-1-3-5-15/h1-9,17H,10-13H2,(H2,21,22,25). The van der Waals surface area contributed by atoms with E-state index in [-0.39, 0.29) is 23.8 Å². The van der Waals surface area contributed by atoms with Gasteiger partial charge in [0.15, 0.2) is 0 Å². The fraction of sp³-hybridized carbons (Fsp3) is 0.263. The number of carbonyl (C=O) groups excluding carboxylic acids is 2. The van der Waals surface area contributed by atoms with Crippen LogP contribution < -0.4 is 10.6 Å². The summed E-state index contributed by atoms with van der Waals surface area (Å²) in [7, 11) is 0. The summed E-state index contributed by atoms with van der Waals surface area (Å²) in [6.07, 6.45) is 0.302. The van der Waals surface area contributed by atoms with Crippen molar-refractivity contribution in [1.82, 2.24) is 15.5 Å². The SMILES string of the molecule is O=C(NCc1ccc(F)cc1)NC1CC(=O)N(Cc2ccccc2)C1. The van der Waals surface area contributed by atoms with Gasteiger partial charge in [-0.25, -0.2) is 9.18 Å². The highest BCUT2D eigenvalue weighted by Crippen LogP contribution is 2.15. The summed E-state index contributed by atoms with van der Waals surface area (Å²) >= 11 is 0. The Morgan fingerprint density at radius 2 is 1.80 bits per heavy atom. The van der Waals surface area contributed by atoms with Crippen LogP contribution in [0.2, 0.25) is 0 Å². The number of hydrogen-bond acceptors (Lipinski definition) is 2. The highest BCUT2D eigenvalue weighted by molar-refractivity contribution is 5.81. The molecule has 0 bridgehead atoms. The Labute approximate surface area is 145 Å². The van der Waals surface area contributed by atoms with Gasteiger partial charge in [0.2, 0.25) is 5.91 Å². The number of nitrogens with one attached hydrogen (secondary N) is 2. The van der Waals surface area contributed by atoms with Gasteiger partial charge in [-0.2, -0.15) is 0 Å². The van der Waals surface area contributed by atoms with E-state index >= 15 is 0 Å². The number of hydrogen-bond donors (Lipinski definition) is 2. The molecule has 2 aromatic carbocycles. The van der Waals surface area contributed by atoms with Gasteiger partial charge in [-0.15, -0.1) is 0 Å². The normalized spacial score (nSPS) is 16.8. The van der Waals surface area contributed by atoms with Gasteiger partial charge in [-0.3, -0.25) is 4.79 Å². The number of benzene rings is 2. The lowest BCUT2D eigenvalue weighted by atomic mass is 10.2. The van der Waals surface area contributed by atoms with Crippen LogP contribution in [0.15, 0.2) is 54.6 Å². The fourth-order valence-electron chi connectivity index (χ4n) is 2.85. The maximum absolute atomic E-state index is 12.8. The Kier molecular flexibility index (Phi) is 5.28. The van der Waals surface area contributed by atoms with E-state index in [1.807, 2.05) is 30.3 Å². The van der Waals surface area contributed by atoms with Crippen LogP contribution in [0.3, 0.4) is 0 Å². The molecule has 1 fully saturated rings. The topological polar surface area (TPSA) is 61.4 Å². The number of amides is 3. The Bertz CT molecular complexity index is 734. The minimum absolute atomic E-state index is 0.0349. The van der Waals surface area contributed by atoms with Crippen molar-refractivity contribution < 1.29 is 14.0 Å². The van der Waals surface area contributed by atoms with Crippen molar-refractivity contribution in [2.45, 2.75) is 25.6 Å². The summed E-state index contributed by atoms with van der Waals surface area (Å²) in [4.78, 5) is 25.8. The van der Waals surface area contributed by atoms with E-state index in [9.17, 15) is 14.0 Å². The zero-order valence-electron chi connectivity index (χ0n) is 13.7. The van der Waals surface area contributed by atoms with Crippen LogP contribution in [-0.4, -0.2) is 29.4 Å². The molecule has 2 N–H and O–H groups in total. The van der Waals surface area contributed by atoms with Crippen molar-refractivity contribution in [3.05, 3.63) is 71.5 Å². The Morgan fingerprint density at radius 1 is 1.08 bits per heavy atom. The molecule has 6 heteroatoms. The molecule has 0 saturated carbocycles. The summed E-state index contributed by atoms with van der Waals surface area (Å²) in [6.45, 7) is 1.35. The van der Waals surface area contributed by atoms with Gasteiger partial charge >= 0.3 is 6.03 Å². The lowest BCUT2D eigenvalue weighted by Gasteiger charge is -2.17. The summed E-state index contributed by atoms with van der Waals surface area (Å²) in [6, 6.07) is 15.2. The number of rotatable bonds is 5. The second kappa shape index (κ2) is 7.79. The second-order valence-corrected chi connectivity index (χ2v) is 6.11. The van der Waals surface area contributed by atoms with Crippen molar-refractivity contribution >= 4 is 11.9 Å². The fourth-order valence-corrected chi connectivity index (χ4v) is 2.85. The summed E-state index contributed by atoms with van der Waals surface area (Å²) < 4.78 is 12.8. The zero-order valence-corrected chi connectivity index (χ0v) is 13.7. The third kappa shape index (κ3) is 4.79. The highest BCUT2D eigenvalue weighted by Gasteiger charge is 2.30. The molecule has 0 aromatic heterocycles. The molecule has 3 amide bonds. The molecule has 5 nitrogen and oxygen atoms in total. The molecule has 0 radical (unpaired) electrons. The predicted octanol–water partition coefficient (Wildman–Crippen LogP) is 2.43. The average Bonchev–Trinajstić information content (AvgIpc) is 2.94. The van der Waals surface area contributed by atoms with Gasteiger partial charge in [0.25, 0.3) is 0 Å². The molecule has 2 aromatic rings. The van der Waals surface area contributed by atoms with Crippen LogP contribution >= 0.6 is 0 Å². The largest absolute Gasteiger partial charge is 0.336 e. The Balaban J connectivity index is 1.46. The first-order chi connectivity index (χ1) is 12.1. The molecule has 1 unspecified atom stereocenters. The molecule has 1 aliphatic heterocycles. The third-order valence-electron chi connectivity index (χ3n) is 4.13. The van der Waals surface area contributed by atoms with Crippen molar-refractivity contribution in [3.8, 4) is 0 Å². The number of urea groups is 1. The number of likely N-dealkylation sites (tertiary alicyclic amines) is 1. The first-order valence-corrected chi connectivity index (χ1v) is 8.20. The third-order valence-corrected chi connectivity index (χ3v) is 4.13. The van der Waals surface area contributed by atoms with Crippen molar-refractivity contribution in [2.24, 2.45) is 0 Å². The number of carbonyl (C=O) groups is 2. The molecular formula is C19H20FN3O2. The summed E-state index contributed by atoms with van der Waals surface area (Å²) in [5, 5.41) is 5.54. The second-order valence-electron chi connectivity index (χ2n) is 6.11. The maximum Gasteiger partial charge on any atom is 0.315 e. The van der Waals surface area contributed by atoms with Crippen LogP contribution in [0.25, 0.3) is 0 Å². The van der Waals surface area contributed by atoms with Crippen molar-refractivity contribution in [2.75, 3.05) is 6.54 Å². The minimum atomic E-state index is -0.330. The summed E-state index contributed by atoms with van der Waals surface area (Å²) in [5.74, 6) is -0.274. The molecule has 1 saturated heterocycles. The maximum atomic E-state index is 12.8. The molecule has 0 aliphatic carbocycles. The zero-order chi connectivity index (χ0) is 17.6. The van der Waals surface area contributed by atoms with Crippen molar-refractivity contribution in [1.29, 1.82) is 0 Å². The van der Waals surface area contributed by atoms with E-state index in [0.29, 0.717) is 26.1 Å². The van der Waals surface area contributed by atoms with Crippen LogP contribution in [0.1, 0.15) is 17.5 Å². The molecular weight excluding hydrogens is 321 g/mol. The molecule has 1 heterocycles. The van der Waals surface area contributed by atoms with E-state index in [1.165, 1.54) is 12.1 Å². The first-order valence-electron chi connectivity index (χ1n) is 8.20. The first kappa shape index (κ1) is 17.0. The highest BCUT2D eigenvalue weighted by atomic mass is 19.1. The molecule has 1 aliphatic rings. The lowest BCUT2D eigenvalue weighted by Crippen LogP contribution is -2.43. The van der Waals surface area contributed by atoms with Gasteiger partial charge < -0.3 is 15.5 Å². The number of halogens is 1. The Morgan fingerprint density at radius 3 is 2.52 bits per heavy atom. The molecule has 3 rings (SSSR count). The van der Waals surface area contributed by atoms with Crippen LogP contribution in [0.4, 0.5) is 9.18 Å². The van der Waals surface area contributed by atoms with Gasteiger partial charge in [0.05, 0.1) is 6.04 Å². The monoisotopic (exact) mass is 341 g/mol. The van der Waals surface area contributed by atoms with Crippen LogP contribution in [0.5, 0.6) is 0 Å². The molecule has 25 heavy (non-hydrogen) atoms.